The van der Waals surface area contributed by atoms with Gasteiger partial charge in [-0.05, 0) is 37.9 Å². The molecule has 17 heteroatoms. The van der Waals surface area contributed by atoms with Crippen molar-refractivity contribution in [3.8, 4) is 5.75 Å². The molecule has 1 aromatic carbocycles. The molecule has 0 radical (unpaired) electrons. The first-order valence-corrected chi connectivity index (χ1v) is 13.4. The monoisotopic (exact) mass is 568 g/mol. The number of hydrogen-bond donors (Lipinski definition) is 4. The van der Waals surface area contributed by atoms with E-state index in [-0.39, 0.29) is 5.75 Å². The van der Waals surface area contributed by atoms with Crippen LogP contribution in [0.15, 0.2) is 57.3 Å². The molecule has 2 aromatic rings. The van der Waals surface area contributed by atoms with Crippen molar-refractivity contribution in [1.82, 2.24) is 14.6 Å². The molecule has 1 aliphatic rings. The molecular formula is C22H29N6O10P. The van der Waals surface area contributed by atoms with E-state index in [9.17, 15) is 34.7 Å². The summed E-state index contributed by atoms with van der Waals surface area (Å²) < 4.78 is 36.4. The summed E-state index contributed by atoms with van der Waals surface area (Å²) in [5.74, 6) is -0.668. The highest BCUT2D eigenvalue weighted by molar-refractivity contribution is 7.52. The first-order chi connectivity index (χ1) is 18.4. The highest BCUT2D eigenvalue weighted by atomic mass is 31.2. The van der Waals surface area contributed by atoms with Crippen molar-refractivity contribution in [1.29, 1.82) is 0 Å². The zero-order chi connectivity index (χ0) is 28.8. The molecule has 1 aliphatic heterocycles. The number of aliphatic hydroxyl groups is 2. The van der Waals surface area contributed by atoms with Crippen molar-refractivity contribution >= 4 is 13.7 Å². The Bertz CT molecular complexity index is 1360. The van der Waals surface area contributed by atoms with Crippen LogP contribution in [0.25, 0.3) is 10.4 Å². The van der Waals surface area contributed by atoms with E-state index in [1.54, 1.807) is 25.1 Å². The molecule has 212 valence electrons. The lowest BCUT2D eigenvalue weighted by molar-refractivity contribution is -0.150. The SMILES string of the molecule is CCC(C)OC(=O)[C@H](C)NP(=O)(OC[C@@]1(N=[N+]=[N-])O[C@@H](n2ccc(=O)[nH]c2=O)[C@@H](O)[C@H]1O)Oc1ccccc1. The number of carbonyl (C=O) groups is 1. The summed E-state index contributed by atoms with van der Waals surface area (Å²) >= 11 is 0. The quantitative estimate of drug-likeness (QED) is 0.0938. The normalized spacial score (nSPS) is 25.6. The number of aromatic nitrogens is 2. The molecule has 0 bridgehead atoms. The first-order valence-electron chi connectivity index (χ1n) is 11.8. The largest absolute Gasteiger partial charge is 0.462 e. The second-order valence-corrected chi connectivity index (χ2v) is 10.4. The Morgan fingerprint density at radius 1 is 1.31 bits per heavy atom. The van der Waals surface area contributed by atoms with Crippen LogP contribution < -0.4 is 20.9 Å². The minimum atomic E-state index is -4.50. The van der Waals surface area contributed by atoms with Crippen molar-refractivity contribution in [2.75, 3.05) is 6.61 Å². The number of aromatic amines is 1. The molecule has 2 heterocycles. The fraction of sp³-hybridized carbons (Fsp3) is 0.500. The van der Waals surface area contributed by atoms with E-state index in [0.29, 0.717) is 6.42 Å². The highest BCUT2D eigenvalue weighted by Gasteiger charge is 2.56. The van der Waals surface area contributed by atoms with E-state index in [4.69, 9.17) is 18.5 Å². The Kier molecular flexibility index (Phi) is 9.69. The maximum absolute atomic E-state index is 13.8. The molecular weight excluding hydrogens is 539 g/mol. The zero-order valence-electron chi connectivity index (χ0n) is 21.2. The molecule has 2 unspecified atom stereocenters. The van der Waals surface area contributed by atoms with Gasteiger partial charge in [0.2, 0.25) is 5.72 Å². The van der Waals surface area contributed by atoms with E-state index >= 15 is 0 Å². The van der Waals surface area contributed by atoms with Crippen LogP contribution in [0, 0.1) is 0 Å². The van der Waals surface area contributed by atoms with Crippen LogP contribution in [0.3, 0.4) is 0 Å². The molecule has 39 heavy (non-hydrogen) atoms. The number of azide groups is 1. The smallest absolute Gasteiger partial charge is 0.459 e. The third-order valence-electron chi connectivity index (χ3n) is 5.75. The predicted octanol–water partition coefficient (Wildman–Crippen LogP) is 1.32. The van der Waals surface area contributed by atoms with Crippen molar-refractivity contribution in [2.24, 2.45) is 5.11 Å². The summed E-state index contributed by atoms with van der Waals surface area (Å²) in [6, 6.07) is 7.57. The van der Waals surface area contributed by atoms with Gasteiger partial charge in [-0.1, -0.05) is 30.2 Å². The second-order valence-electron chi connectivity index (χ2n) is 8.68. The molecule has 1 fully saturated rings. The minimum absolute atomic E-state index is 0.0826. The van der Waals surface area contributed by atoms with Crippen LogP contribution >= 0.6 is 7.75 Å². The van der Waals surface area contributed by atoms with Gasteiger partial charge in [0.25, 0.3) is 5.56 Å². The van der Waals surface area contributed by atoms with Gasteiger partial charge in [0, 0.05) is 17.2 Å². The number of para-hydroxylation sites is 1. The second kappa shape index (κ2) is 12.6. The van der Waals surface area contributed by atoms with Crippen LogP contribution in [-0.4, -0.2) is 62.4 Å². The van der Waals surface area contributed by atoms with Gasteiger partial charge >= 0.3 is 19.4 Å². The molecule has 16 nitrogen and oxygen atoms in total. The lowest BCUT2D eigenvalue weighted by Gasteiger charge is -2.29. The molecule has 0 amide bonds. The summed E-state index contributed by atoms with van der Waals surface area (Å²) in [7, 11) is -4.50. The molecule has 4 N–H and O–H groups in total. The predicted molar refractivity (Wildman–Crippen MR) is 134 cm³/mol. The standard InChI is InChI=1S/C22H29N6O10P/c1-4-13(2)36-20(32)14(3)25-39(34,38-15-8-6-5-7-9-15)35-12-22(26-27-23)18(31)17(30)19(37-22)28-11-10-16(29)24-21(28)33/h5-11,13-14,17-19,30-31H,4,12H2,1-3H3,(H,25,34)(H,24,29,33)/t13?,14-,17-,18+,19+,22+,39?/m0/s1. The highest BCUT2D eigenvalue weighted by Crippen LogP contribution is 2.48. The number of benzene rings is 1. The number of carbonyl (C=O) groups excluding carboxylic acids is 1. The minimum Gasteiger partial charge on any atom is -0.462 e. The fourth-order valence-corrected chi connectivity index (χ4v) is 5.00. The van der Waals surface area contributed by atoms with Gasteiger partial charge in [0.05, 0.1) is 12.7 Å². The van der Waals surface area contributed by atoms with E-state index in [2.05, 4.69) is 15.1 Å². The van der Waals surface area contributed by atoms with Crippen molar-refractivity contribution in [2.45, 2.75) is 63.5 Å². The van der Waals surface area contributed by atoms with E-state index in [1.165, 1.54) is 19.1 Å². The first kappa shape index (κ1) is 30.1. The van der Waals surface area contributed by atoms with Crippen molar-refractivity contribution in [3.63, 3.8) is 0 Å². The molecule has 3 rings (SSSR count). The molecule has 1 saturated heterocycles. The number of nitrogens with one attached hydrogen (secondary N) is 2. The molecule has 7 atom stereocenters. The maximum Gasteiger partial charge on any atom is 0.459 e. The van der Waals surface area contributed by atoms with Gasteiger partial charge in [-0.25, -0.2) is 9.36 Å². The number of hydrogen-bond acceptors (Lipinski definition) is 11. The van der Waals surface area contributed by atoms with Crippen LogP contribution in [0.5, 0.6) is 5.75 Å². The lowest BCUT2D eigenvalue weighted by atomic mass is 10.1. The van der Waals surface area contributed by atoms with Gasteiger partial charge < -0.3 is 24.2 Å². The number of H-pyrrole nitrogens is 1. The number of rotatable bonds is 12. The summed E-state index contributed by atoms with van der Waals surface area (Å²) in [5.41, 5.74) is 5.06. The Morgan fingerprint density at radius 2 is 2.00 bits per heavy atom. The van der Waals surface area contributed by atoms with Gasteiger partial charge in [-0.2, -0.15) is 5.09 Å². The summed E-state index contributed by atoms with van der Waals surface area (Å²) in [6.45, 7) is 3.89. The van der Waals surface area contributed by atoms with E-state index in [0.717, 1.165) is 16.8 Å². The Labute approximate surface area is 221 Å². The number of aliphatic hydroxyl groups excluding tert-OH is 2. The third-order valence-corrected chi connectivity index (χ3v) is 7.37. The Hall–Kier alpha value is -3.49. The average Bonchev–Trinajstić information content (AvgIpc) is 3.13. The Morgan fingerprint density at radius 3 is 2.62 bits per heavy atom. The van der Waals surface area contributed by atoms with Crippen molar-refractivity contribution in [3.05, 3.63) is 73.9 Å². The maximum atomic E-state index is 13.8. The Balaban J connectivity index is 1.90. The molecule has 0 aliphatic carbocycles. The number of esters is 1. The zero-order valence-corrected chi connectivity index (χ0v) is 22.1. The summed E-state index contributed by atoms with van der Waals surface area (Å²) in [6.07, 6.45) is -4.35. The van der Waals surface area contributed by atoms with Gasteiger partial charge in [-0.3, -0.25) is 23.7 Å². The van der Waals surface area contributed by atoms with Gasteiger partial charge in [-0.15, -0.1) is 0 Å². The third kappa shape index (κ3) is 7.13. The van der Waals surface area contributed by atoms with Crippen LogP contribution in [0.4, 0.5) is 0 Å². The molecule has 0 spiro atoms. The average molecular weight is 568 g/mol. The van der Waals surface area contributed by atoms with Crippen LogP contribution in [0.2, 0.25) is 0 Å². The van der Waals surface area contributed by atoms with E-state index < -0.39 is 67.9 Å². The van der Waals surface area contributed by atoms with E-state index in [1.807, 2.05) is 11.9 Å². The molecule has 1 aromatic heterocycles. The van der Waals surface area contributed by atoms with Gasteiger partial charge in [0.15, 0.2) is 6.23 Å². The van der Waals surface area contributed by atoms with Crippen LogP contribution in [-0.2, 0) is 23.4 Å². The van der Waals surface area contributed by atoms with Crippen molar-refractivity contribution < 1.29 is 38.1 Å². The van der Waals surface area contributed by atoms with Crippen LogP contribution in [0.1, 0.15) is 33.4 Å². The topological polar surface area (TPSA) is 227 Å². The molecule has 0 saturated carbocycles. The number of nitrogens with zero attached hydrogens (tertiary/aromatic N) is 4. The van der Waals surface area contributed by atoms with Gasteiger partial charge in [0.1, 0.15) is 24.0 Å². The lowest BCUT2D eigenvalue weighted by Crippen LogP contribution is -2.46. The summed E-state index contributed by atoms with van der Waals surface area (Å²) in [4.78, 5) is 40.7. The number of ether oxygens (including phenoxy) is 2. The fourth-order valence-electron chi connectivity index (χ4n) is 3.49. The summed E-state index contributed by atoms with van der Waals surface area (Å²) in [5, 5.41) is 27.3.